The van der Waals surface area contributed by atoms with E-state index < -0.39 is 6.23 Å². The molecule has 2 heterocycles. The summed E-state index contributed by atoms with van der Waals surface area (Å²) in [6.45, 7) is 0.994. The number of fused-ring (bicyclic) bond motifs is 1. The highest BCUT2D eigenvalue weighted by molar-refractivity contribution is 5.59. The molecule has 1 aliphatic heterocycles. The Labute approximate surface area is 139 Å². The number of hydrogen-bond donors (Lipinski definition) is 1. The van der Waals surface area contributed by atoms with E-state index in [0.29, 0.717) is 18.7 Å². The van der Waals surface area contributed by atoms with Crippen LogP contribution in [-0.2, 0) is 20.1 Å². The van der Waals surface area contributed by atoms with Gasteiger partial charge in [0.15, 0.2) is 0 Å². The molecule has 0 saturated heterocycles. The van der Waals surface area contributed by atoms with Crippen LogP contribution in [0.15, 0.2) is 54.7 Å². The summed E-state index contributed by atoms with van der Waals surface area (Å²) in [7, 11) is 1.83. The summed E-state index contributed by atoms with van der Waals surface area (Å²) in [4.78, 5) is 1.87. The first-order chi connectivity index (χ1) is 11.6. The Hall–Kier alpha value is -2.50. The maximum Gasteiger partial charge on any atom is 0.134 e. The number of halogens is 1. The largest absolute Gasteiger partial charge is 0.374 e. The summed E-state index contributed by atoms with van der Waals surface area (Å²) in [5.41, 5.74) is 4.24. The van der Waals surface area contributed by atoms with Crippen molar-refractivity contribution in [3.63, 3.8) is 0 Å². The number of aliphatic hydroxyl groups is 1. The fourth-order valence-electron chi connectivity index (χ4n) is 3.29. The smallest absolute Gasteiger partial charge is 0.134 e. The molecule has 2 aromatic carbocycles. The lowest BCUT2D eigenvalue weighted by molar-refractivity contribution is 0.00707. The number of aliphatic hydroxyl groups excluding tert-OH is 1. The van der Waals surface area contributed by atoms with E-state index in [2.05, 4.69) is 5.10 Å². The van der Waals surface area contributed by atoms with E-state index in [1.807, 2.05) is 48.3 Å². The van der Waals surface area contributed by atoms with Gasteiger partial charge in [-0.25, -0.2) is 4.39 Å². The molecule has 5 heteroatoms. The fourth-order valence-corrected chi connectivity index (χ4v) is 3.29. The molecule has 122 valence electrons. The molecule has 1 N–H and O–H groups in total. The lowest BCUT2D eigenvalue weighted by Crippen LogP contribution is -2.21. The van der Waals surface area contributed by atoms with Crippen LogP contribution in [0.5, 0.6) is 0 Å². The monoisotopic (exact) mass is 323 g/mol. The number of nitrogens with zero attached hydrogens (tertiary/aromatic N) is 3. The van der Waals surface area contributed by atoms with Gasteiger partial charge in [-0.15, -0.1) is 0 Å². The molecule has 0 saturated carbocycles. The van der Waals surface area contributed by atoms with Crippen molar-refractivity contribution in [2.45, 2.75) is 19.3 Å². The van der Waals surface area contributed by atoms with Crippen molar-refractivity contribution in [2.75, 3.05) is 0 Å². The normalized spacial score (nSPS) is 17.2. The Balaban J connectivity index is 1.57. The second-order valence-corrected chi connectivity index (χ2v) is 6.12. The standard InChI is InChI=1S/C19H18FN3O/c1-22-18(8-9-21-22)13-6-7-15(17(20)10-13)12-23-11-14-4-2-3-5-16(14)19(23)24/h2-10,19,24H,11-12H2,1H3. The molecule has 0 radical (unpaired) electrons. The lowest BCUT2D eigenvalue weighted by Gasteiger charge is -2.21. The third-order valence-electron chi connectivity index (χ3n) is 4.60. The number of aromatic nitrogens is 2. The molecule has 4 nitrogen and oxygen atoms in total. The van der Waals surface area contributed by atoms with E-state index in [9.17, 15) is 9.50 Å². The Bertz CT molecular complexity index is 890. The van der Waals surface area contributed by atoms with Crippen LogP contribution in [0, 0.1) is 5.82 Å². The third kappa shape index (κ3) is 2.52. The predicted octanol–water partition coefficient (Wildman–Crippen LogP) is 3.23. The highest BCUT2D eigenvalue weighted by Crippen LogP contribution is 2.33. The van der Waals surface area contributed by atoms with Crippen LogP contribution in [0.3, 0.4) is 0 Å². The van der Waals surface area contributed by atoms with E-state index in [1.54, 1.807) is 16.9 Å². The van der Waals surface area contributed by atoms with Gasteiger partial charge in [0.2, 0.25) is 0 Å². The first-order valence-corrected chi connectivity index (χ1v) is 7.90. The van der Waals surface area contributed by atoms with Crippen molar-refractivity contribution in [2.24, 2.45) is 7.05 Å². The predicted molar refractivity (Wildman–Crippen MR) is 89.3 cm³/mol. The van der Waals surface area contributed by atoms with Gasteiger partial charge in [0.05, 0.1) is 5.69 Å². The molecule has 1 atom stereocenters. The quantitative estimate of drug-likeness (QED) is 0.804. The van der Waals surface area contributed by atoms with E-state index >= 15 is 0 Å². The molecular weight excluding hydrogens is 305 g/mol. The SMILES string of the molecule is Cn1nccc1-c1ccc(CN2Cc3ccccc3C2O)c(F)c1. The molecular formula is C19H18FN3O. The van der Waals surface area contributed by atoms with Crippen molar-refractivity contribution in [3.8, 4) is 11.3 Å². The Morgan fingerprint density at radius 3 is 2.75 bits per heavy atom. The topological polar surface area (TPSA) is 41.3 Å². The van der Waals surface area contributed by atoms with E-state index in [1.165, 1.54) is 6.07 Å². The van der Waals surface area contributed by atoms with Crippen molar-refractivity contribution in [1.29, 1.82) is 0 Å². The van der Waals surface area contributed by atoms with Crippen molar-refractivity contribution >= 4 is 0 Å². The minimum absolute atomic E-state index is 0.267. The summed E-state index contributed by atoms with van der Waals surface area (Å²) >= 11 is 0. The van der Waals surface area contributed by atoms with Crippen molar-refractivity contribution in [3.05, 3.63) is 77.2 Å². The summed E-state index contributed by atoms with van der Waals surface area (Å²) in [6, 6.07) is 14.9. The van der Waals surface area contributed by atoms with Crippen LogP contribution >= 0.6 is 0 Å². The number of rotatable bonds is 3. The average Bonchev–Trinajstić information content (AvgIpc) is 3.14. The number of aryl methyl sites for hydroxylation is 1. The molecule has 0 fully saturated rings. The van der Waals surface area contributed by atoms with Gasteiger partial charge in [-0.2, -0.15) is 5.10 Å². The highest BCUT2D eigenvalue weighted by atomic mass is 19.1. The summed E-state index contributed by atoms with van der Waals surface area (Å²) in [5.74, 6) is -0.267. The summed E-state index contributed by atoms with van der Waals surface area (Å²) < 4.78 is 16.3. The van der Waals surface area contributed by atoms with Gasteiger partial charge >= 0.3 is 0 Å². The van der Waals surface area contributed by atoms with Crippen LogP contribution in [0.4, 0.5) is 4.39 Å². The minimum Gasteiger partial charge on any atom is -0.374 e. The van der Waals surface area contributed by atoms with Gasteiger partial charge < -0.3 is 5.11 Å². The van der Waals surface area contributed by atoms with Crippen LogP contribution in [0.1, 0.15) is 22.9 Å². The third-order valence-corrected chi connectivity index (χ3v) is 4.60. The minimum atomic E-state index is -0.683. The molecule has 1 aliphatic rings. The van der Waals surface area contributed by atoms with Crippen LogP contribution in [-0.4, -0.2) is 19.8 Å². The second-order valence-electron chi connectivity index (χ2n) is 6.12. The van der Waals surface area contributed by atoms with Crippen molar-refractivity contribution in [1.82, 2.24) is 14.7 Å². The second kappa shape index (κ2) is 5.85. The Kier molecular flexibility index (Phi) is 3.67. The Morgan fingerprint density at radius 1 is 1.21 bits per heavy atom. The number of benzene rings is 2. The maximum atomic E-state index is 14.5. The summed E-state index contributed by atoms with van der Waals surface area (Å²) in [5, 5.41) is 14.5. The molecule has 1 unspecified atom stereocenters. The molecule has 0 amide bonds. The van der Waals surface area contributed by atoms with Gasteiger partial charge in [-0.3, -0.25) is 9.58 Å². The molecule has 0 spiro atoms. The van der Waals surface area contributed by atoms with Crippen LogP contribution in [0.25, 0.3) is 11.3 Å². The van der Waals surface area contributed by atoms with Gasteiger partial charge in [0, 0.05) is 37.5 Å². The summed E-state index contributed by atoms with van der Waals surface area (Å²) in [6.07, 6.45) is 1.01. The zero-order chi connectivity index (χ0) is 16.7. The molecule has 0 aliphatic carbocycles. The lowest BCUT2D eigenvalue weighted by atomic mass is 10.1. The van der Waals surface area contributed by atoms with Gasteiger partial charge in [0.25, 0.3) is 0 Å². The zero-order valence-corrected chi connectivity index (χ0v) is 13.4. The highest BCUT2D eigenvalue weighted by Gasteiger charge is 2.28. The maximum absolute atomic E-state index is 14.5. The van der Waals surface area contributed by atoms with E-state index in [4.69, 9.17) is 0 Å². The van der Waals surface area contributed by atoms with Gasteiger partial charge in [0.1, 0.15) is 12.0 Å². The van der Waals surface area contributed by atoms with Crippen molar-refractivity contribution < 1.29 is 9.50 Å². The molecule has 0 bridgehead atoms. The van der Waals surface area contributed by atoms with Gasteiger partial charge in [-0.1, -0.05) is 36.4 Å². The molecule has 4 rings (SSSR count). The first-order valence-electron chi connectivity index (χ1n) is 7.90. The van der Waals surface area contributed by atoms with E-state index in [-0.39, 0.29) is 5.82 Å². The zero-order valence-electron chi connectivity index (χ0n) is 13.4. The van der Waals surface area contributed by atoms with Crippen LogP contribution in [0.2, 0.25) is 0 Å². The molecule has 1 aromatic heterocycles. The molecule has 3 aromatic rings. The average molecular weight is 323 g/mol. The van der Waals surface area contributed by atoms with E-state index in [0.717, 1.165) is 22.4 Å². The Morgan fingerprint density at radius 2 is 2.04 bits per heavy atom. The fraction of sp³-hybridized carbons (Fsp3) is 0.211. The van der Waals surface area contributed by atoms with Gasteiger partial charge in [-0.05, 0) is 23.3 Å². The first kappa shape index (κ1) is 15.1. The molecule has 24 heavy (non-hydrogen) atoms. The van der Waals surface area contributed by atoms with Crippen LogP contribution < -0.4 is 0 Å². The number of hydrogen-bond acceptors (Lipinski definition) is 3.